The third-order valence-electron chi connectivity index (χ3n) is 2.30. The van der Waals surface area contributed by atoms with E-state index in [2.05, 4.69) is 0 Å². The van der Waals surface area contributed by atoms with Gasteiger partial charge in [-0.25, -0.2) is 8.42 Å². The summed E-state index contributed by atoms with van der Waals surface area (Å²) in [6, 6.07) is 8.94. The summed E-state index contributed by atoms with van der Waals surface area (Å²) in [4.78, 5) is 0. The molecule has 18 heavy (non-hydrogen) atoms. The van der Waals surface area contributed by atoms with Crippen molar-refractivity contribution in [1.82, 2.24) is 0 Å². The number of hydrogen-bond donors (Lipinski definition) is 1. The summed E-state index contributed by atoms with van der Waals surface area (Å²) < 4.78 is 28.9. The fourth-order valence-corrected chi connectivity index (χ4v) is 3.03. The standard InChI is InChI=1S/C13H20O4S/c1-11(2)17-8-13(14)10-18(15,16)9-12-6-4-3-5-7-12/h3-7,11,13-14H,8-10H2,1-2H3/t13-/m0/s1. The van der Waals surface area contributed by atoms with E-state index in [0.29, 0.717) is 0 Å². The van der Waals surface area contributed by atoms with Crippen molar-refractivity contribution in [2.45, 2.75) is 31.8 Å². The van der Waals surface area contributed by atoms with Gasteiger partial charge in [0.25, 0.3) is 0 Å². The van der Waals surface area contributed by atoms with Gasteiger partial charge < -0.3 is 9.84 Å². The Hall–Kier alpha value is -0.910. The molecule has 1 N–H and O–H groups in total. The average Bonchev–Trinajstić information content (AvgIpc) is 2.26. The summed E-state index contributed by atoms with van der Waals surface area (Å²) in [5, 5.41) is 9.61. The summed E-state index contributed by atoms with van der Waals surface area (Å²) in [6.07, 6.45) is -0.988. The Morgan fingerprint density at radius 2 is 1.83 bits per heavy atom. The minimum Gasteiger partial charge on any atom is -0.390 e. The second-order valence-corrected chi connectivity index (χ2v) is 6.69. The van der Waals surface area contributed by atoms with Gasteiger partial charge in [0.1, 0.15) is 0 Å². The fraction of sp³-hybridized carbons (Fsp3) is 0.538. The SMILES string of the molecule is CC(C)OC[C@H](O)CS(=O)(=O)Cc1ccccc1. The molecule has 0 unspecified atom stereocenters. The van der Waals surface area contributed by atoms with E-state index in [0.717, 1.165) is 5.56 Å². The van der Waals surface area contributed by atoms with Crippen LogP contribution in [0.2, 0.25) is 0 Å². The van der Waals surface area contributed by atoms with Crippen LogP contribution in [0.15, 0.2) is 30.3 Å². The summed E-state index contributed by atoms with van der Waals surface area (Å²) in [5.41, 5.74) is 0.731. The first-order valence-electron chi connectivity index (χ1n) is 5.93. The summed E-state index contributed by atoms with van der Waals surface area (Å²) in [6.45, 7) is 3.72. The number of benzene rings is 1. The topological polar surface area (TPSA) is 63.6 Å². The lowest BCUT2D eigenvalue weighted by Crippen LogP contribution is -2.27. The van der Waals surface area contributed by atoms with Crippen molar-refractivity contribution >= 4 is 9.84 Å². The molecule has 1 atom stereocenters. The monoisotopic (exact) mass is 272 g/mol. The first kappa shape index (κ1) is 15.1. The number of hydrogen-bond acceptors (Lipinski definition) is 4. The predicted octanol–water partition coefficient (Wildman–Crippen LogP) is 1.39. The van der Waals surface area contributed by atoms with Gasteiger partial charge in [0, 0.05) is 0 Å². The van der Waals surface area contributed by atoms with Crippen molar-refractivity contribution in [2.24, 2.45) is 0 Å². The fourth-order valence-electron chi connectivity index (χ4n) is 1.53. The van der Waals surface area contributed by atoms with Gasteiger partial charge in [-0.05, 0) is 19.4 Å². The number of rotatable bonds is 7. The van der Waals surface area contributed by atoms with Crippen LogP contribution in [0.5, 0.6) is 0 Å². The smallest absolute Gasteiger partial charge is 0.157 e. The quantitative estimate of drug-likeness (QED) is 0.814. The minimum atomic E-state index is -3.31. The number of aliphatic hydroxyl groups excluding tert-OH is 1. The second kappa shape index (κ2) is 6.87. The van der Waals surface area contributed by atoms with Crippen molar-refractivity contribution in [2.75, 3.05) is 12.4 Å². The molecule has 0 aliphatic rings. The Morgan fingerprint density at radius 1 is 1.22 bits per heavy atom. The van der Waals surface area contributed by atoms with E-state index in [4.69, 9.17) is 4.74 Å². The van der Waals surface area contributed by atoms with Crippen LogP contribution in [0.1, 0.15) is 19.4 Å². The molecule has 0 aromatic heterocycles. The van der Waals surface area contributed by atoms with Crippen LogP contribution >= 0.6 is 0 Å². The molecule has 1 rings (SSSR count). The number of aliphatic hydroxyl groups is 1. The van der Waals surface area contributed by atoms with E-state index < -0.39 is 15.9 Å². The Balaban J connectivity index is 2.49. The summed E-state index contributed by atoms with van der Waals surface area (Å²) in [7, 11) is -3.31. The van der Waals surface area contributed by atoms with Crippen LogP contribution in [0.25, 0.3) is 0 Å². The molecule has 0 aliphatic heterocycles. The second-order valence-electron chi connectivity index (χ2n) is 4.58. The highest BCUT2D eigenvalue weighted by molar-refractivity contribution is 7.90. The van der Waals surface area contributed by atoms with Gasteiger partial charge in [0.15, 0.2) is 9.84 Å². The molecule has 4 nitrogen and oxygen atoms in total. The molecule has 102 valence electrons. The maximum atomic E-state index is 11.8. The van der Waals surface area contributed by atoms with Crippen LogP contribution in [0.4, 0.5) is 0 Å². The lowest BCUT2D eigenvalue weighted by Gasteiger charge is -2.13. The summed E-state index contributed by atoms with van der Waals surface area (Å²) in [5.74, 6) is -0.318. The lowest BCUT2D eigenvalue weighted by atomic mass is 10.2. The van der Waals surface area contributed by atoms with Crippen LogP contribution in [0.3, 0.4) is 0 Å². The third kappa shape index (κ3) is 6.14. The molecule has 1 aromatic rings. The first-order chi connectivity index (χ1) is 8.39. The van der Waals surface area contributed by atoms with Gasteiger partial charge in [0.2, 0.25) is 0 Å². The van der Waals surface area contributed by atoms with Gasteiger partial charge >= 0.3 is 0 Å². The van der Waals surface area contributed by atoms with E-state index in [1.165, 1.54) is 0 Å². The maximum absolute atomic E-state index is 11.8. The van der Waals surface area contributed by atoms with Crippen molar-refractivity contribution in [3.63, 3.8) is 0 Å². The predicted molar refractivity (Wildman–Crippen MR) is 71.0 cm³/mol. The molecule has 0 aliphatic carbocycles. The van der Waals surface area contributed by atoms with E-state index in [-0.39, 0.29) is 24.2 Å². The zero-order chi connectivity index (χ0) is 13.6. The van der Waals surface area contributed by atoms with E-state index in [1.54, 1.807) is 24.3 Å². The molecular formula is C13H20O4S. The minimum absolute atomic E-state index is 0.0172. The first-order valence-corrected chi connectivity index (χ1v) is 7.75. The molecular weight excluding hydrogens is 252 g/mol. The molecule has 0 fully saturated rings. The van der Waals surface area contributed by atoms with Crippen LogP contribution < -0.4 is 0 Å². The largest absolute Gasteiger partial charge is 0.390 e. The molecule has 5 heteroatoms. The zero-order valence-electron chi connectivity index (χ0n) is 10.7. The Labute approximate surface area is 109 Å². The Kier molecular flexibility index (Phi) is 5.78. The third-order valence-corrected chi connectivity index (χ3v) is 3.96. The highest BCUT2D eigenvalue weighted by atomic mass is 32.2. The van der Waals surface area contributed by atoms with E-state index in [1.807, 2.05) is 19.9 Å². The van der Waals surface area contributed by atoms with Gasteiger partial charge in [-0.1, -0.05) is 30.3 Å². The number of sulfone groups is 1. The molecule has 0 heterocycles. The van der Waals surface area contributed by atoms with Crippen molar-refractivity contribution in [1.29, 1.82) is 0 Å². The van der Waals surface area contributed by atoms with Gasteiger partial charge in [-0.15, -0.1) is 0 Å². The highest BCUT2D eigenvalue weighted by Gasteiger charge is 2.18. The van der Waals surface area contributed by atoms with Crippen LogP contribution in [-0.4, -0.2) is 38.1 Å². The van der Waals surface area contributed by atoms with E-state index in [9.17, 15) is 13.5 Å². The van der Waals surface area contributed by atoms with Crippen LogP contribution in [0, 0.1) is 0 Å². The maximum Gasteiger partial charge on any atom is 0.157 e. The molecule has 1 aromatic carbocycles. The van der Waals surface area contributed by atoms with Crippen LogP contribution in [-0.2, 0) is 20.3 Å². The lowest BCUT2D eigenvalue weighted by molar-refractivity contribution is 0.0146. The molecule has 0 saturated carbocycles. The summed E-state index contributed by atoms with van der Waals surface area (Å²) >= 11 is 0. The highest BCUT2D eigenvalue weighted by Crippen LogP contribution is 2.07. The molecule has 0 radical (unpaired) electrons. The van der Waals surface area contributed by atoms with Gasteiger partial charge in [-0.2, -0.15) is 0 Å². The van der Waals surface area contributed by atoms with E-state index >= 15 is 0 Å². The van der Waals surface area contributed by atoms with Crippen molar-refractivity contribution in [3.8, 4) is 0 Å². The molecule has 0 spiro atoms. The van der Waals surface area contributed by atoms with Gasteiger partial charge in [-0.3, -0.25) is 0 Å². The average molecular weight is 272 g/mol. The zero-order valence-corrected chi connectivity index (χ0v) is 11.6. The Bertz CT molecular complexity index is 439. The molecule has 0 saturated heterocycles. The van der Waals surface area contributed by atoms with Crippen molar-refractivity contribution < 1.29 is 18.3 Å². The normalized spacial score (nSPS) is 13.8. The van der Waals surface area contributed by atoms with Gasteiger partial charge in [0.05, 0.1) is 30.3 Å². The number of ether oxygens (including phenoxy) is 1. The molecule has 0 amide bonds. The van der Waals surface area contributed by atoms with Crippen molar-refractivity contribution in [3.05, 3.63) is 35.9 Å². The Morgan fingerprint density at radius 3 is 2.39 bits per heavy atom. The molecule has 0 bridgehead atoms.